The Morgan fingerprint density at radius 3 is 2.72 bits per heavy atom. The molecule has 1 aromatic heterocycles. The van der Waals surface area contributed by atoms with Crippen LogP contribution in [0.3, 0.4) is 0 Å². The van der Waals surface area contributed by atoms with Gasteiger partial charge in [0.25, 0.3) is 0 Å². The van der Waals surface area contributed by atoms with Crippen LogP contribution < -0.4 is 5.32 Å². The number of fused-ring (bicyclic) bond motifs is 2. The van der Waals surface area contributed by atoms with Crippen LogP contribution in [0.15, 0.2) is 10.9 Å². The second kappa shape index (κ2) is 4.04. The van der Waals surface area contributed by atoms with Crippen molar-refractivity contribution in [2.45, 2.75) is 59.0 Å². The van der Waals surface area contributed by atoms with Crippen molar-refractivity contribution >= 4 is 11.3 Å². The smallest absolute Gasteiger partial charge is 0.0795 e. The van der Waals surface area contributed by atoms with Gasteiger partial charge in [-0.05, 0) is 42.9 Å². The average molecular weight is 264 g/mol. The molecule has 1 aromatic rings. The van der Waals surface area contributed by atoms with Crippen LogP contribution in [-0.2, 0) is 0 Å². The summed E-state index contributed by atoms with van der Waals surface area (Å²) in [6.07, 6.45) is 4.15. The Bertz CT molecular complexity index is 426. The van der Waals surface area contributed by atoms with Gasteiger partial charge in [0.2, 0.25) is 0 Å². The first-order valence-corrected chi connectivity index (χ1v) is 8.03. The fraction of sp³-hybridized carbons (Fsp3) is 0.800. The van der Waals surface area contributed by atoms with Crippen LogP contribution in [0.2, 0.25) is 0 Å². The molecule has 0 aliphatic heterocycles. The van der Waals surface area contributed by atoms with Crippen LogP contribution in [0.25, 0.3) is 0 Å². The highest BCUT2D eigenvalue weighted by Gasteiger charge is 2.61. The summed E-state index contributed by atoms with van der Waals surface area (Å²) in [6, 6.07) is 1.04. The van der Waals surface area contributed by atoms with Gasteiger partial charge in [-0.3, -0.25) is 0 Å². The molecule has 0 radical (unpaired) electrons. The number of thiazole rings is 1. The molecule has 4 atom stereocenters. The van der Waals surface area contributed by atoms with E-state index in [4.69, 9.17) is 0 Å². The lowest BCUT2D eigenvalue weighted by Gasteiger charge is -2.40. The van der Waals surface area contributed by atoms with Crippen molar-refractivity contribution < 1.29 is 0 Å². The van der Waals surface area contributed by atoms with E-state index < -0.39 is 0 Å². The number of nitrogens with zero attached hydrogens (tertiary/aromatic N) is 1. The molecule has 2 aliphatic rings. The predicted octanol–water partition coefficient (Wildman–Crippen LogP) is 4.01. The van der Waals surface area contributed by atoms with Gasteiger partial charge in [-0.2, -0.15) is 0 Å². The molecule has 0 amide bonds. The molecule has 3 heteroatoms. The lowest BCUT2D eigenvalue weighted by molar-refractivity contribution is 0.116. The van der Waals surface area contributed by atoms with Crippen molar-refractivity contribution in [3.63, 3.8) is 0 Å². The molecule has 2 nitrogen and oxygen atoms in total. The van der Waals surface area contributed by atoms with Crippen LogP contribution in [0.5, 0.6) is 0 Å². The van der Waals surface area contributed by atoms with Gasteiger partial charge in [0.05, 0.1) is 11.2 Å². The highest BCUT2D eigenvalue weighted by molar-refractivity contribution is 7.07. The van der Waals surface area contributed by atoms with Gasteiger partial charge in [-0.1, -0.05) is 20.8 Å². The standard InChI is InChI=1S/C15H24N2S/c1-10(12-8-18-9-16-12)17-13-7-11-5-6-15(13,4)14(11,2)3/h8-11,13,17H,5-7H2,1-4H3. The van der Waals surface area contributed by atoms with Crippen molar-refractivity contribution in [3.05, 3.63) is 16.6 Å². The Labute approximate surface area is 114 Å². The summed E-state index contributed by atoms with van der Waals surface area (Å²) in [5.74, 6) is 0.905. The van der Waals surface area contributed by atoms with Gasteiger partial charge in [-0.15, -0.1) is 11.3 Å². The van der Waals surface area contributed by atoms with Crippen molar-refractivity contribution in [3.8, 4) is 0 Å². The van der Waals surface area contributed by atoms with Crippen molar-refractivity contribution in [1.29, 1.82) is 0 Å². The van der Waals surface area contributed by atoms with Crippen LogP contribution in [0.4, 0.5) is 0 Å². The molecule has 2 saturated carbocycles. The summed E-state index contributed by atoms with van der Waals surface area (Å²) < 4.78 is 0. The molecule has 1 heterocycles. The maximum Gasteiger partial charge on any atom is 0.0795 e. The van der Waals surface area contributed by atoms with E-state index in [1.807, 2.05) is 5.51 Å². The van der Waals surface area contributed by atoms with Crippen molar-refractivity contribution in [2.75, 3.05) is 0 Å². The minimum absolute atomic E-state index is 0.383. The highest BCUT2D eigenvalue weighted by Crippen LogP contribution is 2.65. The van der Waals surface area contributed by atoms with E-state index in [9.17, 15) is 0 Å². The fourth-order valence-electron chi connectivity index (χ4n) is 4.28. The summed E-state index contributed by atoms with van der Waals surface area (Å²) in [7, 11) is 0. The molecule has 2 fully saturated rings. The van der Waals surface area contributed by atoms with E-state index in [2.05, 4.69) is 43.4 Å². The number of hydrogen-bond acceptors (Lipinski definition) is 3. The quantitative estimate of drug-likeness (QED) is 0.892. The molecule has 0 aromatic carbocycles. The molecule has 2 aliphatic carbocycles. The maximum atomic E-state index is 4.44. The third kappa shape index (κ3) is 1.60. The van der Waals surface area contributed by atoms with Crippen molar-refractivity contribution in [1.82, 2.24) is 10.3 Å². The Kier molecular flexibility index (Phi) is 2.83. The third-order valence-electron chi connectivity index (χ3n) is 6.14. The molecule has 18 heavy (non-hydrogen) atoms. The molecule has 2 bridgehead atoms. The second-order valence-electron chi connectivity index (χ2n) is 6.96. The first-order valence-electron chi connectivity index (χ1n) is 7.09. The average Bonchev–Trinajstić information content (AvgIpc) is 2.95. The predicted molar refractivity (Wildman–Crippen MR) is 76.7 cm³/mol. The number of rotatable bonds is 3. The molecule has 0 spiro atoms. The Morgan fingerprint density at radius 1 is 1.44 bits per heavy atom. The zero-order valence-corrected chi connectivity index (χ0v) is 12.7. The third-order valence-corrected chi connectivity index (χ3v) is 6.74. The van der Waals surface area contributed by atoms with E-state index in [1.54, 1.807) is 11.3 Å². The summed E-state index contributed by atoms with van der Waals surface area (Å²) in [6.45, 7) is 9.68. The topological polar surface area (TPSA) is 24.9 Å². The highest BCUT2D eigenvalue weighted by atomic mass is 32.1. The Hall–Kier alpha value is -0.410. The van der Waals surface area contributed by atoms with Crippen LogP contribution in [0.1, 0.15) is 58.7 Å². The van der Waals surface area contributed by atoms with E-state index in [1.165, 1.54) is 25.0 Å². The Balaban J connectivity index is 1.76. The monoisotopic (exact) mass is 264 g/mol. The van der Waals surface area contributed by atoms with Gasteiger partial charge in [0.1, 0.15) is 0 Å². The largest absolute Gasteiger partial charge is 0.305 e. The number of hydrogen-bond donors (Lipinski definition) is 1. The lowest BCUT2D eigenvalue weighted by atomic mass is 9.69. The van der Waals surface area contributed by atoms with E-state index in [0.717, 1.165) is 5.92 Å². The van der Waals surface area contributed by atoms with E-state index >= 15 is 0 Å². The van der Waals surface area contributed by atoms with Gasteiger partial charge >= 0.3 is 0 Å². The minimum Gasteiger partial charge on any atom is -0.305 e. The van der Waals surface area contributed by atoms with Crippen LogP contribution >= 0.6 is 11.3 Å². The maximum absolute atomic E-state index is 4.44. The summed E-state index contributed by atoms with van der Waals surface area (Å²) in [4.78, 5) is 4.44. The van der Waals surface area contributed by atoms with E-state index in [-0.39, 0.29) is 0 Å². The Morgan fingerprint density at radius 2 is 2.22 bits per heavy atom. The molecule has 4 unspecified atom stereocenters. The SMILES string of the molecule is CC(NC1CC2CCC1(C)C2(C)C)c1cscn1. The second-order valence-corrected chi connectivity index (χ2v) is 7.68. The van der Waals surface area contributed by atoms with Gasteiger partial charge in [0.15, 0.2) is 0 Å². The van der Waals surface area contributed by atoms with Gasteiger partial charge < -0.3 is 5.32 Å². The fourth-order valence-corrected chi connectivity index (χ4v) is 4.93. The van der Waals surface area contributed by atoms with Crippen LogP contribution in [0, 0.1) is 16.7 Å². The van der Waals surface area contributed by atoms with Crippen LogP contribution in [-0.4, -0.2) is 11.0 Å². The molecular weight excluding hydrogens is 240 g/mol. The van der Waals surface area contributed by atoms with E-state index in [0.29, 0.717) is 22.9 Å². The number of nitrogens with one attached hydrogen (secondary N) is 1. The lowest BCUT2D eigenvalue weighted by Crippen LogP contribution is -2.45. The number of aromatic nitrogens is 1. The first kappa shape index (κ1) is 12.6. The normalized spacial score (nSPS) is 39.1. The molecule has 0 saturated heterocycles. The minimum atomic E-state index is 0.383. The zero-order valence-electron chi connectivity index (χ0n) is 11.9. The zero-order chi connectivity index (χ0) is 13.0. The molecule has 100 valence electrons. The summed E-state index contributed by atoms with van der Waals surface area (Å²) in [5, 5.41) is 6.02. The van der Waals surface area contributed by atoms with Crippen molar-refractivity contribution in [2.24, 2.45) is 16.7 Å². The first-order chi connectivity index (χ1) is 8.45. The van der Waals surface area contributed by atoms with Gasteiger partial charge in [0, 0.05) is 17.5 Å². The van der Waals surface area contributed by atoms with Gasteiger partial charge in [-0.25, -0.2) is 4.98 Å². The summed E-state index contributed by atoms with van der Waals surface area (Å²) in [5.41, 5.74) is 4.08. The summed E-state index contributed by atoms with van der Waals surface area (Å²) >= 11 is 1.69. The molecular formula is C15H24N2S. The molecule has 3 rings (SSSR count). The molecule has 1 N–H and O–H groups in total.